The highest BCUT2D eigenvalue weighted by molar-refractivity contribution is 6.21. The first-order valence-electron chi connectivity index (χ1n) is 9.69. The summed E-state index contributed by atoms with van der Waals surface area (Å²) in [6, 6.07) is 4.08. The average molecular weight is 395 g/mol. The number of halogens is 1. The van der Waals surface area contributed by atoms with Crippen LogP contribution < -0.4 is 4.74 Å². The van der Waals surface area contributed by atoms with Crippen molar-refractivity contribution < 1.29 is 19.7 Å². The molecule has 4 nitrogen and oxygen atoms in total. The van der Waals surface area contributed by atoms with Crippen LogP contribution >= 0.6 is 11.6 Å². The SMILES string of the molecule is Cc1cc(OC[C@@H]2[C@@H](C/C=C\CCCC(=O)O)[C@@H](Cl)C[C@H]2O)cc(C)c1C. The zero-order valence-corrected chi connectivity index (χ0v) is 17.2. The molecule has 0 heterocycles. The molecule has 2 rings (SSSR count). The standard InChI is InChI=1S/C22H31ClO4/c1-14-10-17(11-15(2)16(14)3)27-13-19-18(20(23)12-21(19)24)8-6-4-5-7-9-22(25)26/h4,6,10-11,18-21,24H,5,7-9,12-13H2,1-3H3,(H,25,26)/b6-4-/t18-,19-,20+,21-/m1/s1. The Labute approximate surface area is 167 Å². The number of alkyl halides is 1. The molecular formula is C22H31ClO4. The second kappa shape index (κ2) is 10.1. The summed E-state index contributed by atoms with van der Waals surface area (Å²) in [5.41, 5.74) is 3.68. The van der Waals surface area contributed by atoms with E-state index in [0.29, 0.717) is 19.4 Å². The van der Waals surface area contributed by atoms with Crippen molar-refractivity contribution >= 4 is 17.6 Å². The molecule has 4 atom stereocenters. The molecule has 0 bridgehead atoms. The number of allylic oxidation sites excluding steroid dienone is 2. The summed E-state index contributed by atoms with van der Waals surface area (Å²) >= 11 is 6.48. The number of carbonyl (C=O) groups is 1. The number of aliphatic hydroxyl groups excluding tert-OH is 1. The van der Waals surface area contributed by atoms with Crippen LogP contribution in [0, 0.1) is 32.6 Å². The first-order chi connectivity index (χ1) is 12.8. The van der Waals surface area contributed by atoms with Crippen LogP contribution in [-0.2, 0) is 4.79 Å². The highest BCUT2D eigenvalue weighted by atomic mass is 35.5. The van der Waals surface area contributed by atoms with Crippen LogP contribution in [0.4, 0.5) is 0 Å². The summed E-state index contributed by atoms with van der Waals surface area (Å²) in [6.07, 6.45) is 6.56. The molecule has 1 fully saturated rings. The number of hydrogen-bond donors (Lipinski definition) is 2. The van der Waals surface area contributed by atoms with Gasteiger partial charge in [-0.3, -0.25) is 4.79 Å². The van der Waals surface area contributed by atoms with Crippen molar-refractivity contribution in [2.75, 3.05) is 6.61 Å². The molecule has 1 aromatic carbocycles. The van der Waals surface area contributed by atoms with Crippen molar-refractivity contribution in [1.29, 1.82) is 0 Å². The van der Waals surface area contributed by atoms with Crippen LogP contribution in [-0.4, -0.2) is 34.3 Å². The molecule has 0 amide bonds. The second-order valence-corrected chi connectivity index (χ2v) is 8.19. The van der Waals surface area contributed by atoms with Gasteiger partial charge in [0.2, 0.25) is 0 Å². The fourth-order valence-electron chi connectivity index (χ4n) is 3.71. The molecule has 0 aliphatic heterocycles. The summed E-state index contributed by atoms with van der Waals surface area (Å²) in [4.78, 5) is 10.5. The van der Waals surface area contributed by atoms with Crippen molar-refractivity contribution in [3.05, 3.63) is 41.0 Å². The fourth-order valence-corrected chi connectivity index (χ4v) is 4.18. The lowest BCUT2D eigenvalue weighted by molar-refractivity contribution is -0.137. The molecular weight excluding hydrogens is 364 g/mol. The summed E-state index contributed by atoms with van der Waals surface area (Å²) < 4.78 is 6.02. The van der Waals surface area contributed by atoms with E-state index in [2.05, 4.69) is 26.8 Å². The minimum absolute atomic E-state index is 0.00177. The Kier molecular flexibility index (Phi) is 8.18. The minimum Gasteiger partial charge on any atom is -0.493 e. The van der Waals surface area contributed by atoms with E-state index in [1.54, 1.807) is 0 Å². The zero-order valence-electron chi connectivity index (χ0n) is 16.5. The molecule has 1 aromatic rings. The van der Waals surface area contributed by atoms with E-state index in [4.69, 9.17) is 21.4 Å². The van der Waals surface area contributed by atoms with Gasteiger partial charge >= 0.3 is 5.97 Å². The van der Waals surface area contributed by atoms with Crippen LogP contribution in [0.15, 0.2) is 24.3 Å². The van der Waals surface area contributed by atoms with Crippen molar-refractivity contribution in [2.45, 2.75) is 64.4 Å². The third kappa shape index (κ3) is 6.25. The molecule has 1 saturated carbocycles. The molecule has 0 saturated heterocycles. The van der Waals surface area contributed by atoms with Crippen LogP contribution in [0.2, 0.25) is 0 Å². The highest BCUT2D eigenvalue weighted by Gasteiger charge is 2.41. The van der Waals surface area contributed by atoms with Gasteiger partial charge in [-0.05, 0) is 81.2 Å². The maximum atomic E-state index is 10.5. The van der Waals surface area contributed by atoms with E-state index in [1.807, 2.05) is 18.2 Å². The third-order valence-corrected chi connectivity index (χ3v) is 6.16. The van der Waals surface area contributed by atoms with E-state index in [-0.39, 0.29) is 23.6 Å². The van der Waals surface area contributed by atoms with Crippen LogP contribution in [0.1, 0.15) is 48.8 Å². The van der Waals surface area contributed by atoms with Gasteiger partial charge in [0.25, 0.3) is 0 Å². The monoisotopic (exact) mass is 394 g/mol. The molecule has 1 aliphatic carbocycles. The van der Waals surface area contributed by atoms with Crippen molar-refractivity contribution in [3.8, 4) is 5.75 Å². The molecule has 27 heavy (non-hydrogen) atoms. The Morgan fingerprint density at radius 3 is 2.52 bits per heavy atom. The van der Waals surface area contributed by atoms with Gasteiger partial charge in [0, 0.05) is 17.7 Å². The van der Waals surface area contributed by atoms with Gasteiger partial charge in [-0.1, -0.05) is 12.2 Å². The highest BCUT2D eigenvalue weighted by Crippen LogP contribution is 2.39. The number of rotatable bonds is 9. The number of carboxylic acid groups (broad SMARTS) is 1. The van der Waals surface area contributed by atoms with E-state index in [1.165, 1.54) is 16.7 Å². The summed E-state index contributed by atoms with van der Waals surface area (Å²) in [7, 11) is 0. The molecule has 0 unspecified atom stereocenters. The van der Waals surface area contributed by atoms with Crippen molar-refractivity contribution in [3.63, 3.8) is 0 Å². The van der Waals surface area contributed by atoms with Gasteiger partial charge in [0.1, 0.15) is 5.75 Å². The summed E-state index contributed by atoms with van der Waals surface area (Å²) in [5, 5.41) is 19.0. The van der Waals surface area contributed by atoms with E-state index >= 15 is 0 Å². The predicted octanol–water partition coefficient (Wildman–Crippen LogP) is 4.80. The number of benzene rings is 1. The molecule has 2 N–H and O–H groups in total. The number of carboxylic acids is 1. The maximum Gasteiger partial charge on any atom is 0.303 e. The van der Waals surface area contributed by atoms with Crippen LogP contribution in [0.3, 0.4) is 0 Å². The minimum atomic E-state index is -0.762. The van der Waals surface area contributed by atoms with Gasteiger partial charge in [0.15, 0.2) is 0 Å². The first kappa shape index (κ1) is 21.8. The van der Waals surface area contributed by atoms with Crippen molar-refractivity contribution in [2.24, 2.45) is 11.8 Å². The van der Waals surface area contributed by atoms with Gasteiger partial charge < -0.3 is 14.9 Å². The maximum absolute atomic E-state index is 10.5. The van der Waals surface area contributed by atoms with E-state index < -0.39 is 12.1 Å². The molecule has 150 valence electrons. The average Bonchev–Trinajstić information content (AvgIpc) is 2.86. The van der Waals surface area contributed by atoms with Gasteiger partial charge in [0.05, 0.1) is 12.7 Å². The Hall–Kier alpha value is -1.52. The first-order valence-corrected chi connectivity index (χ1v) is 10.1. The second-order valence-electron chi connectivity index (χ2n) is 7.63. The normalized spacial score (nSPS) is 25.2. The van der Waals surface area contributed by atoms with Gasteiger partial charge in [-0.15, -0.1) is 11.6 Å². The van der Waals surface area contributed by atoms with Gasteiger partial charge in [-0.2, -0.15) is 0 Å². The van der Waals surface area contributed by atoms with Crippen LogP contribution in [0.5, 0.6) is 5.75 Å². The molecule has 1 aliphatic rings. The molecule has 5 heteroatoms. The Morgan fingerprint density at radius 1 is 1.22 bits per heavy atom. The number of aliphatic hydroxyl groups is 1. The quantitative estimate of drug-likeness (QED) is 0.359. The van der Waals surface area contributed by atoms with E-state index in [9.17, 15) is 9.90 Å². The topological polar surface area (TPSA) is 66.8 Å². The number of ether oxygens (including phenoxy) is 1. The largest absolute Gasteiger partial charge is 0.493 e. The fraction of sp³-hybridized carbons (Fsp3) is 0.591. The summed E-state index contributed by atoms with van der Waals surface area (Å²) in [6.45, 7) is 6.70. The lowest BCUT2D eigenvalue weighted by Crippen LogP contribution is -2.27. The lowest BCUT2D eigenvalue weighted by atomic mass is 9.92. The van der Waals surface area contributed by atoms with Crippen LogP contribution in [0.25, 0.3) is 0 Å². The zero-order chi connectivity index (χ0) is 20.0. The number of hydrogen-bond acceptors (Lipinski definition) is 3. The smallest absolute Gasteiger partial charge is 0.303 e. The number of aliphatic carboxylic acids is 1. The predicted molar refractivity (Wildman–Crippen MR) is 109 cm³/mol. The van der Waals surface area contributed by atoms with Gasteiger partial charge in [-0.25, -0.2) is 0 Å². The van der Waals surface area contributed by atoms with Crippen molar-refractivity contribution in [1.82, 2.24) is 0 Å². The van der Waals surface area contributed by atoms with E-state index in [0.717, 1.165) is 18.6 Å². The Bertz CT molecular complexity index is 647. The third-order valence-electron chi connectivity index (χ3n) is 5.65. The number of aryl methyl sites for hydroxylation is 2. The molecule has 0 spiro atoms. The lowest BCUT2D eigenvalue weighted by Gasteiger charge is -2.23. The summed E-state index contributed by atoms with van der Waals surface area (Å²) in [5.74, 6) is 0.230. The number of unbranched alkanes of at least 4 members (excludes halogenated alkanes) is 1. The Morgan fingerprint density at radius 2 is 1.89 bits per heavy atom. The molecule has 0 radical (unpaired) electrons. The molecule has 0 aromatic heterocycles. The Balaban J connectivity index is 1.91.